The SMILES string of the molecule is CCCNc1ccnc(C2(OCC)CCCC2)n1. The molecule has 2 rings (SSSR count). The Kier molecular flexibility index (Phi) is 4.53. The van der Waals surface area contributed by atoms with Gasteiger partial charge in [0.1, 0.15) is 11.4 Å². The molecule has 1 aromatic heterocycles. The lowest BCUT2D eigenvalue weighted by Crippen LogP contribution is -2.29. The van der Waals surface area contributed by atoms with Crippen LogP contribution in [0.25, 0.3) is 0 Å². The topological polar surface area (TPSA) is 47.0 Å². The summed E-state index contributed by atoms with van der Waals surface area (Å²) in [4.78, 5) is 9.08. The van der Waals surface area contributed by atoms with Crippen molar-refractivity contribution in [2.45, 2.75) is 51.6 Å². The maximum absolute atomic E-state index is 5.98. The molecule has 0 amide bonds. The van der Waals surface area contributed by atoms with Gasteiger partial charge in [-0.25, -0.2) is 9.97 Å². The number of nitrogens with zero attached hydrogens (tertiary/aromatic N) is 2. The molecule has 0 aliphatic heterocycles. The van der Waals surface area contributed by atoms with E-state index < -0.39 is 0 Å². The van der Waals surface area contributed by atoms with Gasteiger partial charge in [-0.3, -0.25) is 0 Å². The Morgan fingerprint density at radius 1 is 1.33 bits per heavy atom. The second kappa shape index (κ2) is 6.14. The van der Waals surface area contributed by atoms with E-state index in [1.807, 2.05) is 19.2 Å². The number of hydrogen-bond acceptors (Lipinski definition) is 4. The van der Waals surface area contributed by atoms with Crippen molar-refractivity contribution in [3.8, 4) is 0 Å². The van der Waals surface area contributed by atoms with E-state index in [9.17, 15) is 0 Å². The molecule has 1 aliphatic rings. The first-order valence-electron chi connectivity index (χ1n) is 7.02. The third kappa shape index (κ3) is 2.80. The number of aromatic nitrogens is 2. The highest BCUT2D eigenvalue weighted by Gasteiger charge is 2.39. The Bertz CT molecular complexity index is 375. The first-order valence-corrected chi connectivity index (χ1v) is 7.02. The summed E-state index contributed by atoms with van der Waals surface area (Å²) >= 11 is 0. The fourth-order valence-corrected chi connectivity index (χ4v) is 2.58. The molecule has 1 aliphatic carbocycles. The van der Waals surface area contributed by atoms with Crippen molar-refractivity contribution in [3.05, 3.63) is 18.1 Å². The molecule has 1 heterocycles. The number of anilines is 1. The minimum absolute atomic E-state index is 0.237. The van der Waals surface area contributed by atoms with Gasteiger partial charge in [-0.2, -0.15) is 0 Å². The van der Waals surface area contributed by atoms with Crippen LogP contribution < -0.4 is 5.32 Å². The molecule has 100 valence electrons. The number of nitrogens with one attached hydrogen (secondary N) is 1. The first-order chi connectivity index (χ1) is 8.80. The van der Waals surface area contributed by atoms with Crippen molar-refractivity contribution in [2.75, 3.05) is 18.5 Å². The highest BCUT2D eigenvalue weighted by molar-refractivity contribution is 5.33. The smallest absolute Gasteiger partial charge is 0.162 e. The third-order valence-electron chi connectivity index (χ3n) is 3.45. The maximum Gasteiger partial charge on any atom is 0.162 e. The van der Waals surface area contributed by atoms with Crippen molar-refractivity contribution >= 4 is 5.82 Å². The highest BCUT2D eigenvalue weighted by Crippen LogP contribution is 2.40. The van der Waals surface area contributed by atoms with Crippen molar-refractivity contribution in [3.63, 3.8) is 0 Å². The molecule has 1 fully saturated rings. The van der Waals surface area contributed by atoms with Crippen LogP contribution in [0.15, 0.2) is 12.3 Å². The van der Waals surface area contributed by atoms with Crippen LogP contribution in [0, 0.1) is 0 Å². The average Bonchev–Trinajstić information content (AvgIpc) is 2.87. The first kappa shape index (κ1) is 13.3. The summed E-state index contributed by atoms with van der Waals surface area (Å²) in [5.41, 5.74) is -0.237. The number of ether oxygens (including phenoxy) is 1. The molecule has 0 aromatic carbocycles. The van der Waals surface area contributed by atoms with Gasteiger partial charge in [0.2, 0.25) is 0 Å². The van der Waals surface area contributed by atoms with Crippen LogP contribution >= 0.6 is 0 Å². The van der Waals surface area contributed by atoms with Crippen molar-refractivity contribution < 1.29 is 4.74 Å². The largest absolute Gasteiger partial charge is 0.370 e. The normalized spacial score (nSPS) is 17.9. The Hall–Kier alpha value is -1.16. The Morgan fingerprint density at radius 3 is 2.78 bits per heavy atom. The quantitative estimate of drug-likeness (QED) is 0.841. The van der Waals surface area contributed by atoms with E-state index in [-0.39, 0.29) is 5.60 Å². The lowest BCUT2D eigenvalue weighted by molar-refractivity contribution is -0.0456. The second-order valence-corrected chi connectivity index (χ2v) is 4.83. The van der Waals surface area contributed by atoms with E-state index in [1.165, 1.54) is 12.8 Å². The van der Waals surface area contributed by atoms with Gasteiger partial charge in [0.15, 0.2) is 5.82 Å². The summed E-state index contributed by atoms with van der Waals surface area (Å²) < 4.78 is 5.98. The Labute approximate surface area is 109 Å². The zero-order valence-corrected chi connectivity index (χ0v) is 11.4. The molecule has 1 saturated carbocycles. The van der Waals surface area contributed by atoms with Gasteiger partial charge < -0.3 is 10.1 Å². The van der Waals surface area contributed by atoms with Crippen LogP contribution in [-0.2, 0) is 10.3 Å². The van der Waals surface area contributed by atoms with E-state index in [1.54, 1.807) is 0 Å². The minimum Gasteiger partial charge on any atom is -0.370 e. The van der Waals surface area contributed by atoms with Crippen LogP contribution in [0.2, 0.25) is 0 Å². The van der Waals surface area contributed by atoms with E-state index >= 15 is 0 Å². The standard InChI is InChI=1S/C14H23N3O/c1-3-10-15-12-7-11-16-13(17-12)14(18-4-2)8-5-6-9-14/h7,11H,3-6,8-10H2,1-2H3,(H,15,16,17). The highest BCUT2D eigenvalue weighted by atomic mass is 16.5. The summed E-state index contributed by atoms with van der Waals surface area (Å²) in [7, 11) is 0. The van der Waals surface area contributed by atoms with Gasteiger partial charge in [-0.1, -0.05) is 6.92 Å². The van der Waals surface area contributed by atoms with Gasteiger partial charge in [0.25, 0.3) is 0 Å². The summed E-state index contributed by atoms with van der Waals surface area (Å²) in [5, 5.41) is 3.31. The predicted octanol–water partition coefficient (Wildman–Crippen LogP) is 3.10. The Balaban J connectivity index is 2.19. The Morgan fingerprint density at radius 2 is 2.11 bits per heavy atom. The van der Waals surface area contributed by atoms with E-state index in [2.05, 4.69) is 22.2 Å². The molecule has 0 unspecified atom stereocenters. The third-order valence-corrected chi connectivity index (χ3v) is 3.45. The van der Waals surface area contributed by atoms with Gasteiger partial charge in [0, 0.05) is 19.3 Å². The maximum atomic E-state index is 5.98. The summed E-state index contributed by atoms with van der Waals surface area (Å²) in [6.45, 7) is 5.85. The fourth-order valence-electron chi connectivity index (χ4n) is 2.58. The fraction of sp³-hybridized carbons (Fsp3) is 0.714. The monoisotopic (exact) mass is 249 g/mol. The summed E-state index contributed by atoms with van der Waals surface area (Å²) in [6.07, 6.45) is 7.41. The van der Waals surface area contributed by atoms with E-state index in [0.29, 0.717) is 0 Å². The summed E-state index contributed by atoms with van der Waals surface area (Å²) in [6, 6.07) is 1.92. The molecule has 0 spiro atoms. The van der Waals surface area contributed by atoms with Gasteiger partial charge >= 0.3 is 0 Å². The lowest BCUT2D eigenvalue weighted by Gasteiger charge is -2.27. The van der Waals surface area contributed by atoms with Crippen LogP contribution in [0.3, 0.4) is 0 Å². The minimum atomic E-state index is -0.237. The second-order valence-electron chi connectivity index (χ2n) is 4.83. The molecule has 0 radical (unpaired) electrons. The van der Waals surface area contributed by atoms with Crippen LogP contribution in [0.1, 0.15) is 51.8 Å². The molecule has 0 atom stereocenters. The molecule has 18 heavy (non-hydrogen) atoms. The molecule has 1 aromatic rings. The molecule has 4 nitrogen and oxygen atoms in total. The van der Waals surface area contributed by atoms with Crippen molar-refractivity contribution in [1.29, 1.82) is 0 Å². The molecule has 0 bridgehead atoms. The van der Waals surface area contributed by atoms with Crippen LogP contribution in [0.4, 0.5) is 5.82 Å². The molecule has 0 saturated heterocycles. The molecular formula is C14H23N3O. The molecular weight excluding hydrogens is 226 g/mol. The lowest BCUT2D eigenvalue weighted by atomic mass is 10.0. The predicted molar refractivity (Wildman–Crippen MR) is 72.6 cm³/mol. The van der Waals surface area contributed by atoms with Crippen molar-refractivity contribution in [2.24, 2.45) is 0 Å². The van der Waals surface area contributed by atoms with E-state index in [4.69, 9.17) is 4.74 Å². The van der Waals surface area contributed by atoms with Gasteiger partial charge in [0.05, 0.1) is 0 Å². The van der Waals surface area contributed by atoms with Gasteiger partial charge in [-0.05, 0) is 45.1 Å². The zero-order valence-electron chi connectivity index (χ0n) is 11.4. The number of rotatable bonds is 6. The van der Waals surface area contributed by atoms with E-state index in [0.717, 1.165) is 44.1 Å². The van der Waals surface area contributed by atoms with Crippen LogP contribution in [0.5, 0.6) is 0 Å². The number of hydrogen-bond donors (Lipinski definition) is 1. The zero-order chi connectivity index (χ0) is 12.8. The molecule has 4 heteroatoms. The van der Waals surface area contributed by atoms with Crippen LogP contribution in [-0.4, -0.2) is 23.1 Å². The van der Waals surface area contributed by atoms with Crippen molar-refractivity contribution in [1.82, 2.24) is 9.97 Å². The average molecular weight is 249 g/mol. The molecule has 1 N–H and O–H groups in total. The van der Waals surface area contributed by atoms with Gasteiger partial charge in [-0.15, -0.1) is 0 Å². The summed E-state index contributed by atoms with van der Waals surface area (Å²) in [5.74, 6) is 1.76.